The van der Waals surface area contributed by atoms with Crippen molar-refractivity contribution in [2.24, 2.45) is 0 Å². The molecule has 2 heterocycles. The highest BCUT2D eigenvalue weighted by Crippen LogP contribution is 2.29. The highest BCUT2D eigenvalue weighted by atomic mass is 35.5. The van der Waals surface area contributed by atoms with E-state index in [-0.39, 0.29) is 0 Å². The first kappa shape index (κ1) is 12.3. The highest BCUT2D eigenvalue weighted by molar-refractivity contribution is 7.13. The lowest BCUT2D eigenvalue weighted by atomic mass is 10.1. The lowest BCUT2D eigenvalue weighted by molar-refractivity contribution is 1.18. The lowest BCUT2D eigenvalue weighted by Gasteiger charge is -2.05. The molecule has 3 aromatic rings. The molecule has 94 valence electrons. The van der Waals surface area contributed by atoms with Crippen molar-refractivity contribution in [2.45, 2.75) is 6.92 Å². The molecule has 0 bridgehead atoms. The molecule has 0 aliphatic heterocycles. The van der Waals surface area contributed by atoms with Gasteiger partial charge < -0.3 is 0 Å². The van der Waals surface area contributed by atoms with Gasteiger partial charge in [0.1, 0.15) is 5.15 Å². The molecule has 19 heavy (non-hydrogen) atoms. The summed E-state index contributed by atoms with van der Waals surface area (Å²) in [6, 6.07) is 13.8. The zero-order valence-electron chi connectivity index (χ0n) is 10.3. The minimum atomic E-state index is 0.469. The minimum absolute atomic E-state index is 0.469. The summed E-state index contributed by atoms with van der Waals surface area (Å²) in [7, 11) is 0. The Labute approximate surface area is 120 Å². The summed E-state index contributed by atoms with van der Waals surface area (Å²) in [5, 5.41) is 2.51. The number of rotatable bonds is 2. The molecule has 2 nitrogen and oxygen atoms in total. The van der Waals surface area contributed by atoms with E-state index in [0.29, 0.717) is 11.0 Å². The standard InChI is InChI=1S/C15H11ClN2S/c1-10-7-8-19-14(10)15-17-12(9-13(16)18-15)11-5-3-2-4-6-11/h2-9H,1H3. The van der Waals surface area contributed by atoms with E-state index in [1.165, 1.54) is 5.56 Å². The van der Waals surface area contributed by atoms with E-state index in [1.807, 2.05) is 35.7 Å². The van der Waals surface area contributed by atoms with Crippen LogP contribution >= 0.6 is 22.9 Å². The van der Waals surface area contributed by atoms with Crippen LogP contribution < -0.4 is 0 Å². The van der Waals surface area contributed by atoms with Gasteiger partial charge in [0.2, 0.25) is 0 Å². The average Bonchev–Trinajstić information content (AvgIpc) is 2.85. The Morgan fingerprint density at radius 1 is 1.05 bits per heavy atom. The van der Waals surface area contributed by atoms with Gasteiger partial charge in [-0.2, -0.15) is 0 Å². The second kappa shape index (κ2) is 5.11. The number of halogens is 1. The van der Waals surface area contributed by atoms with Gasteiger partial charge in [-0.05, 0) is 23.9 Å². The molecule has 1 aromatic carbocycles. The normalized spacial score (nSPS) is 10.6. The molecule has 0 amide bonds. The summed E-state index contributed by atoms with van der Waals surface area (Å²) < 4.78 is 0. The first-order valence-corrected chi connectivity index (χ1v) is 7.14. The summed E-state index contributed by atoms with van der Waals surface area (Å²) in [5.41, 5.74) is 3.07. The minimum Gasteiger partial charge on any atom is -0.227 e. The summed E-state index contributed by atoms with van der Waals surface area (Å²) in [6.07, 6.45) is 0. The van der Waals surface area contributed by atoms with E-state index in [2.05, 4.69) is 23.0 Å². The Morgan fingerprint density at radius 2 is 1.84 bits per heavy atom. The van der Waals surface area contributed by atoms with Gasteiger partial charge in [0.25, 0.3) is 0 Å². The fraction of sp³-hybridized carbons (Fsp3) is 0.0667. The average molecular weight is 287 g/mol. The first-order valence-electron chi connectivity index (χ1n) is 5.88. The van der Waals surface area contributed by atoms with Crippen LogP contribution in [0.1, 0.15) is 5.56 Å². The Bertz CT molecular complexity index is 707. The molecule has 0 aliphatic rings. The lowest BCUT2D eigenvalue weighted by Crippen LogP contribution is -1.92. The van der Waals surface area contributed by atoms with Gasteiger partial charge in [-0.15, -0.1) is 11.3 Å². The zero-order chi connectivity index (χ0) is 13.2. The van der Waals surface area contributed by atoms with E-state index in [4.69, 9.17) is 11.6 Å². The predicted octanol–water partition coefficient (Wildman–Crippen LogP) is 4.83. The van der Waals surface area contributed by atoms with E-state index in [9.17, 15) is 0 Å². The third-order valence-corrected chi connectivity index (χ3v) is 4.04. The molecule has 0 unspecified atom stereocenters. The quantitative estimate of drug-likeness (QED) is 0.630. The van der Waals surface area contributed by atoms with Crippen molar-refractivity contribution >= 4 is 22.9 Å². The van der Waals surface area contributed by atoms with Crippen LogP contribution in [0.2, 0.25) is 5.15 Å². The van der Waals surface area contributed by atoms with E-state index >= 15 is 0 Å². The smallest absolute Gasteiger partial charge is 0.171 e. The van der Waals surface area contributed by atoms with Crippen molar-refractivity contribution in [1.29, 1.82) is 0 Å². The molecule has 2 aromatic heterocycles. The second-order valence-electron chi connectivity index (χ2n) is 4.20. The van der Waals surface area contributed by atoms with Crippen LogP contribution in [0.15, 0.2) is 47.8 Å². The van der Waals surface area contributed by atoms with Crippen molar-refractivity contribution < 1.29 is 0 Å². The number of thiophene rings is 1. The number of aryl methyl sites for hydroxylation is 1. The Kier molecular flexibility index (Phi) is 3.32. The van der Waals surface area contributed by atoms with Gasteiger partial charge >= 0.3 is 0 Å². The van der Waals surface area contributed by atoms with E-state index in [0.717, 1.165) is 16.1 Å². The molecule has 0 aliphatic carbocycles. The zero-order valence-corrected chi connectivity index (χ0v) is 11.9. The van der Waals surface area contributed by atoms with Crippen molar-refractivity contribution in [3.05, 3.63) is 58.6 Å². The Morgan fingerprint density at radius 3 is 2.53 bits per heavy atom. The third-order valence-electron chi connectivity index (χ3n) is 2.83. The molecule has 0 spiro atoms. The van der Waals surface area contributed by atoms with Crippen LogP contribution in [-0.4, -0.2) is 9.97 Å². The SMILES string of the molecule is Cc1ccsc1-c1nc(Cl)cc(-c2ccccc2)n1. The number of benzene rings is 1. The maximum atomic E-state index is 6.12. The second-order valence-corrected chi connectivity index (χ2v) is 5.50. The van der Waals surface area contributed by atoms with Gasteiger partial charge in [0, 0.05) is 11.6 Å². The third kappa shape index (κ3) is 2.53. The predicted molar refractivity (Wildman–Crippen MR) is 80.5 cm³/mol. The Hall–Kier alpha value is -1.71. The highest BCUT2D eigenvalue weighted by Gasteiger charge is 2.10. The molecule has 4 heteroatoms. The van der Waals surface area contributed by atoms with E-state index in [1.54, 1.807) is 17.4 Å². The molecule has 0 N–H and O–H groups in total. The van der Waals surface area contributed by atoms with Crippen LogP contribution in [0.3, 0.4) is 0 Å². The summed E-state index contributed by atoms with van der Waals surface area (Å²) in [5.74, 6) is 0.693. The molecule has 0 saturated heterocycles. The molecule has 0 fully saturated rings. The summed E-state index contributed by atoms with van der Waals surface area (Å²) in [4.78, 5) is 10.0. The van der Waals surface area contributed by atoms with Crippen LogP contribution in [0.4, 0.5) is 0 Å². The number of aromatic nitrogens is 2. The molecule has 0 atom stereocenters. The summed E-state index contributed by atoms with van der Waals surface area (Å²) >= 11 is 7.75. The van der Waals surface area contributed by atoms with Crippen molar-refractivity contribution in [1.82, 2.24) is 9.97 Å². The van der Waals surface area contributed by atoms with Gasteiger partial charge in [-0.25, -0.2) is 9.97 Å². The maximum absolute atomic E-state index is 6.12. The van der Waals surface area contributed by atoms with Crippen molar-refractivity contribution in [2.75, 3.05) is 0 Å². The topological polar surface area (TPSA) is 25.8 Å². The fourth-order valence-electron chi connectivity index (χ4n) is 1.88. The molecule has 3 rings (SSSR count). The van der Waals surface area contributed by atoms with Crippen LogP contribution in [0, 0.1) is 6.92 Å². The summed E-state index contributed by atoms with van der Waals surface area (Å²) in [6.45, 7) is 2.05. The fourth-order valence-corrected chi connectivity index (χ4v) is 2.92. The number of nitrogens with zero attached hydrogens (tertiary/aromatic N) is 2. The van der Waals surface area contributed by atoms with Gasteiger partial charge in [-0.3, -0.25) is 0 Å². The molecule has 0 saturated carbocycles. The molecule has 0 radical (unpaired) electrons. The van der Waals surface area contributed by atoms with Gasteiger partial charge in [0.15, 0.2) is 5.82 Å². The molecular formula is C15H11ClN2S. The van der Waals surface area contributed by atoms with Crippen molar-refractivity contribution in [3.63, 3.8) is 0 Å². The maximum Gasteiger partial charge on any atom is 0.171 e. The number of hydrogen-bond acceptors (Lipinski definition) is 3. The van der Waals surface area contributed by atoms with Crippen LogP contribution in [0.5, 0.6) is 0 Å². The largest absolute Gasteiger partial charge is 0.227 e. The Balaban J connectivity index is 2.14. The monoisotopic (exact) mass is 286 g/mol. The molecular weight excluding hydrogens is 276 g/mol. The first-order chi connectivity index (χ1) is 9.24. The van der Waals surface area contributed by atoms with E-state index < -0.39 is 0 Å². The number of hydrogen-bond donors (Lipinski definition) is 0. The van der Waals surface area contributed by atoms with Crippen LogP contribution in [-0.2, 0) is 0 Å². The van der Waals surface area contributed by atoms with Crippen LogP contribution in [0.25, 0.3) is 22.0 Å². The van der Waals surface area contributed by atoms with Gasteiger partial charge in [0.05, 0.1) is 10.6 Å². The van der Waals surface area contributed by atoms with Crippen molar-refractivity contribution in [3.8, 4) is 22.0 Å². The van der Waals surface area contributed by atoms with Gasteiger partial charge in [-0.1, -0.05) is 41.9 Å².